The second-order valence-electron chi connectivity index (χ2n) is 3.25. The molecule has 0 aromatic rings. The fourth-order valence-corrected chi connectivity index (χ4v) is 2.49. The Morgan fingerprint density at radius 1 is 1.62 bits per heavy atom. The summed E-state index contributed by atoms with van der Waals surface area (Å²) in [5, 5.41) is 12.0. The van der Waals surface area contributed by atoms with Crippen LogP contribution in [0.4, 0.5) is 0 Å². The maximum atomic E-state index is 11.0. The molecule has 4 heteroatoms. The van der Waals surface area contributed by atoms with Gasteiger partial charge in [-0.1, -0.05) is 15.9 Å². The summed E-state index contributed by atoms with van der Waals surface area (Å²) in [4.78, 5) is 10.7. The van der Waals surface area contributed by atoms with E-state index in [9.17, 15) is 4.79 Å². The van der Waals surface area contributed by atoms with Crippen LogP contribution in [-0.2, 0) is 4.79 Å². The van der Waals surface area contributed by atoms with E-state index >= 15 is 0 Å². The van der Waals surface area contributed by atoms with Crippen molar-refractivity contribution >= 4 is 21.9 Å². The molecule has 1 unspecified atom stereocenters. The van der Waals surface area contributed by atoms with E-state index in [1.807, 2.05) is 6.20 Å². The lowest BCUT2D eigenvalue weighted by Gasteiger charge is -2.20. The number of nitrogens with one attached hydrogen (secondary N) is 1. The van der Waals surface area contributed by atoms with Crippen molar-refractivity contribution in [2.75, 3.05) is 0 Å². The average molecular weight is 244 g/mol. The normalized spacial score (nSPS) is 26.5. The topological polar surface area (TPSA) is 49.3 Å². The third-order valence-electron chi connectivity index (χ3n) is 2.47. The zero-order valence-electron chi connectivity index (χ0n) is 7.01. The van der Waals surface area contributed by atoms with E-state index in [0.29, 0.717) is 5.57 Å². The van der Waals surface area contributed by atoms with Gasteiger partial charge in [0.1, 0.15) is 4.95 Å². The van der Waals surface area contributed by atoms with E-state index < -0.39 is 5.97 Å². The molecule has 1 aliphatic carbocycles. The lowest BCUT2D eigenvalue weighted by Crippen LogP contribution is -2.29. The SMILES string of the molecule is O=C(O)C1=C2CCCC2=CNC1Br. The first-order valence-electron chi connectivity index (χ1n) is 4.26. The highest BCUT2D eigenvalue weighted by molar-refractivity contribution is 9.09. The Morgan fingerprint density at radius 3 is 3.08 bits per heavy atom. The molecule has 70 valence electrons. The number of dihydropyridines is 1. The van der Waals surface area contributed by atoms with Crippen LogP contribution in [0, 0.1) is 0 Å². The molecule has 0 aromatic heterocycles. The Bertz CT molecular complexity index is 320. The Balaban J connectivity index is 2.46. The van der Waals surface area contributed by atoms with Crippen LogP contribution in [0.5, 0.6) is 0 Å². The van der Waals surface area contributed by atoms with Gasteiger partial charge in [-0.2, -0.15) is 0 Å². The first-order valence-corrected chi connectivity index (χ1v) is 5.17. The van der Waals surface area contributed by atoms with E-state index in [2.05, 4.69) is 21.2 Å². The predicted octanol–water partition coefficient (Wildman–Crippen LogP) is 1.76. The van der Waals surface area contributed by atoms with Gasteiger partial charge in [-0.3, -0.25) is 0 Å². The molecule has 1 fully saturated rings. The van der Waals surface area contributed by atoms with Crippen molar-refractivity contribution in [3.05, 3.63) is 22.9 Å². The minimum Gasteiger partial charge on any atom is -0.478 e. The fraction of sp³-hybridized carbons (Fsp3) is 0.444. The molecule has 13 heavy (non-hydrogen) atoms. The standard InChI is InChI=1S/C9H10BrNO2/c10-8-7(9(12)13)6-3-1-2-5(6)4-11-8/h4,8,11H,1-3H2,(H,12,13). The molecular formula is C9H10BrNO2. The van der Waals surface area contributed by atoms with Crippen molar-refractivity contribution in [2.24, 2.45) is 0 Å². The average Bonchev–Trinajstić information content (AvgIpc) is 2.50. The summed E-state index contributed by atoms with van der Waals surface area (Å²) in [5.41, 5.74) is 2.66. The van der Waals surface area contributed by atoms with E-state index in [1.165, 1.54) is 0 Å². The third-order valence-corrected chi connectivity index (χ3v) is 3.20. The molecule has 2 N–H and O–H groups in total. The minimum atomic E-state index is -0.822. The van der Waals surface area contributed by atoms with Crippen molar-refractivity contribution in [3.8, 4) is 0 Å². The summed E-state index contributed by atoms with van der Waals surface area (Å²) >= 11 is 3.30. The Kier molecular flexibility index (Phi) is 2.15. The van der Waals surface area contributed by atoms with Gasteiger partial charge in [0.15, 0.2) is 0 Å². The highest BCUT2D eigenvalue weighted by Gasteiger charge is 2.29. The summed E-state index contributed by atoms with van der Waals surface area (Å²) in [6, 6.07) is 0. The number of allylic oxidation sites excluding steroid dienone is 2. The zero-order valence-corrected chi connectivity index (χ0v) is 8.60. The van der Waals surface area contributed by atoms with Gasteiger partial charge in [-0.25, -0.2) is 4.79 Å². The van der Waals surface area contributed by atoms with Gasteiger partial charge < -0.3 is 10.4 Å². The highest BCUT2D eigenvalue weighted by atomic mass is 79.9. The van der Waals surface area contributed by atoms with Crippen molar-refractivity contribution in [1.82, 2.24) is 5.32 Å². The van der Waals surface area contributed by atoms with Crippen molar-refractivity contribution < 1.29 is 9.90 Å². The summed E-state index contributed by atoms with van der Waals surface area (Å²) in [7, 11) is 0. The van der Waals surface area contributed by atoms with Crippen molar-refractivity contribution in [2.45, 2.75) is 24.2 Å². The second kappa shape index (κ2) is 3.18. The molecule has 0 saturated heterocycles. The predicted molar refractivity (Wildman–Crippen MR) is 52.4 cm³/mol. The van der Waals surface area contributed by atoms with Crippen LogP contribution < -0.4 is 5.32 Å². The number of carboxylic acid groups (broad SMARTS) is 1. The first-order chi connectivity index (χ1) is 6.20. The quantitative estimate of drug-likeness (QED) is 0.545. The number of alkyl halides is 1. The number of carbonyl (C=O) groups is 1. The molecule has 1 saturated carbocycles. The molecule has 0 spiro atoms. The van der Waals surface area contributed by atoms with E-state index in [-0.39, 0.29) is 4.95 Å². The number of hydrogen-bond acceptors (Lipinski definition) is 2. The van der Waals surface area contributed by atoms with Gasteiger partial charge >= 0.3 is 5.97 Å². The van der Waals surface area contributed by atoms with Gasteiger partial charge in [0.05, 0.1) is 5.57 Å². The smallest absolute Gasteiger partial charge is 0.334 e. The minimum absolute atomic E-state index is 0.234. The molecule has 2 aliphatic rings. The summed E-state index contributed by atoms with van der Waals surface area (Å²) in [6.07, 6.45) is 4.89. The zero-order chi connectivity index (χ0) is 9.42. The van der Waals surface area contributed by atoms with Crippen molar-refractivity contribution in [1.29, 1.82) is 0 Å². The molecule has 0 amide bonds. The molecule has 2 rings (SSSR count). The molecule has 0 bridgehead atoms. The Hall–Kier alpha value is -0.770. The maximum absolute atomic E-state index is 11.0. The molecule has 1 aliphatic heterocycles. The van der Waals surface area contributed by atoms with Crippen LogP contribution in [0.1, 0.15) is 19.3 Å². The molecular weight excluding hydrogens is 234 g/mol. The Labute approximate surface area is 84.6 Å². The molecule has 0 radical (unpaired) electrons. The molecule has 0 aromatic carbocycles. The van der Waals surface area contributed by atoms with Crippen LogP contribution in [0.3, 0.4) is 0 Å². The van der Waals surface area contributed by atoms with Gasteiger partial charge in [-0.15, -0.1) is 0 Å². The summed E-state index contributed by atoms with van der Waals surface area (Å²) < 4.78 is 0. The molecule has 1 atom stereocenters. The van der Waals surface area contributed by atoms with Gasteiger partial charge in [0.2, 0.25) is 0 Å². The van der Waals surface area contributed by atoms with Crippen LogP contribution in [0.15, 0.2) is 22.9 Å². The number of aliphatic carboxylic acids is 1. The van der Waals surface area contributed by atoms with E-state index in [0.717, 1.165) is 30.4 Å². The van der Waals surface area contributed by atoms with E-state index in [1.54, 1.807) is 0 Å². The third kappa shape index (κ3) is 1.39. The van der Waals surface area contributed by atoms with Gasteiger partial charge in [-0.05, 0) is 30.4 Å². The van der Waals surface area contributed by atoms with Crippen LogP contribution >= 0.6 is 15.9 Å². The van der Waals surface area contributed by atoms with Crippen molar-refractivity contribution in [3.63, 3.8) is 0 Å². The maximum Gasteiger partial charge on any atom is 0.334 e. The number of hydrogen-bond donors (Lipinski definition) is 2. The van der Waals surface area contributed by atoms with Crippen LogP contribution in [0.2, 0.25) is 0 Å². The second-order valence-corrected chi connectivity index (χ2v) is 4.17. The van der Waals surface area contributed by atoms with Crippen LogP contribution in [-0.4, -0.2) is 16.0 Å². The highest BCUT2D eigenvalue weighted by Crippen LogP contribution is 2.36. The Morgan fingerprint density at radius 2 is 2.38 bits per heavy atom. The lowest BCUT2D eigenvalue weighted by atomic mass is 10.0. The van der Waals surface area contributed by atoms with Crippen LogP contribution in [0.25, 0.3) is 0 Å². The van der Waals surface area contributed by atoms with Gasteiger partial charge in [0, 0.05) is 6.20 Å². The first kappa shape index (κ1) is 8.81. The number of fused-ring (bicyclic) bond motifs is 1. The summed E-state index contributed by atoms with van der Waals surface area (Å²) in [6.45, 7) is 0. The molecule has 3 nitrogen and oxygen atoms in total. The fourth-order valence-electron chi connectivity index (χ4n) is 1.88. The molecule has 1 heterocycles. The number of rotatable bonds is 1. The number of halogens is 1. The number of carboxylic acids is 1. The summed E-state index contributed by atoms with van der Waals surface area (Å²) in [5.74, 6) is -0.822. The largest absolute Gasteiger partial charge is 0.478 e. The lowest BCUT2D eigenvalue weighted by molar-refractivity contribution is -0.132. The van der Waals surface area contributed by atoms with E-state index in [4.69, 9.17) is 5.11 Å². The van der Waals surface area contributed by atoms with Gasteiger partial charge in [0.25, 0.3) is 0 Å². The monoisotopic (exact) mass is 243 g/mol.